The number of hydrogen-bond donors (Lipinski definition) is 3. The number of nitrogens with two attached hydrogens (primary N) is 1. The fourth-order valence-electron chi connectivity index (χ4n) is 3.59. The minimum atomic E-state index is -3.79. The van der Waals surface area contributed by atoms with Gasteiger partial charge < -0.3 is 25.2 Å². The molecule has 0 saturated heterocycles. The van der Waals surface area contributed by atoms with E-state index in [1.807, 2.05) is 4.90 Å². The van der Waals surface area contributed by atoms with Gasteiger partial charge in [-0.1, -0.05) is 0 Å². The van der Waals surface area contributed by atoms with Crippen LogP contribution < -0.4 is 26.0 Å². The summed E-state index contributed by atoms with van der Waals surface area (Å²) in [5.74, 6) is -2.85. The number of pyridine rings is 2. The maximum Gasteiger partial charge on any atom is 0.388 e. The number of rotatable bonds is 12. The molecule has 2 aromatic rings. The molecule has 0 radical (unpaired) electrons. The van der Waals surface area contributed by atoms with Crippen molar-refractivity contribution in [3.8, 4) is 5.88 Å². The van der Waals surface area contributed by atoms with Crippen molar-refractivity contribution in [2.45, 2.75) is 36.5 Å². The lowest BCUT2D eigenvalue weighted by Gasteiger charge is -2.33. The molecule has 0 fully saturated rings. The minimum Gasteiger partial charge on any atom is -0.416 e. The third-order valence-corrected chi connectivity index (χ3v) is 7.88. The second kappa shape index (κ2) is 12.1. The summed E-state index contributed by atoms with van der Waals surface area (Å²) in [6.07, 6.45) is 3.96. The molecule has 17 heteroatoms. The van der Waals surface area contributed by atoms with Gasteiger partial charge in [0.05, 0.1) is 21.4 Å². The molecule has 0 bridgehead atoms. The lowest BCUT2D eigenvalue weighted by Crippen LogP contribution is -2.51. The van der Waals surface area contributed by atoms with Crippen molar-refractivity contribution in [2.24, 2.45) is 10.7 Å². The quantitative estimate of drug-likeness (QED) is 0.244. The Morgan fingerprint density at radius 1 is 1.27 bits per heavy atom. The molecular formula is C23H31F2N9O5S. The fourth-order valence-corrected chi connectivity index (χ4v) is 4.67. The molecular weight excluding hydrogens is 552 g/mol. The molecule has 14 nitrogen and oxygen atoms in total. The molecule has 1 unspecified atom stereocenters. The van der Waals surface area contributed by atoms with Crippen molar-refractivity contribution in [1.29, 1.82) is 0 Å². The smallest absolute Gasteiger partial charge is 0.388 e. The zero-order chi connectivity index (χ0) is 29.8. The van der Waals surface area contributed by atoms with E-state index in [1.54, 1.807) is 14.1 Å². The first-order chi connectivity index (χ1) is 18.7. The molecule has 218 valence electrons. The first-order valence-corrected chi connectivity index (χ1v) is 13.5. The van der Waals surface area contributed by atoms with E-state index < -0.39 is 44.0 Å². The number of nitro groups is 1. The standard InChI is InChI=1S/C23H31F2N9O5S/c1-14(2)40(37,38)21-16(7-6-9-27-21)29-18-8-10-28-23(26,31-18)15-13-17(34(35)36)19(30-20(15)39-22(24)25)33(5)12-11-32(3)4/h6-10,13-14,22,29,31H,11-12,26H2,1-5H3. The van der Waals surface area contributed by atoms with Gasteiger partial charge in [-0.25, -0.2) is 18.4 Å². The predicted molar refractivity (Wildman–Crippen MR) is 145 cm³/mol. The summed E-state index contributed by atoms with van der Waals surface area (Å²) in [6.45, 7) is 0.487. The summed E-state index contributed by atoms with van der Waals surface area (Å²) in [4.78, 5) is 26.7. The SMILES string of the molecule is CC(C)S(=O)(=O)c1ncccc1NC1=CC=NC(N)(c2cc([N+](=O)[O-])c(N(C)CCN(C)C)nc2OC(F)F)N1. The summed E-state index contributed by atoms with van der Waals surface area (Å²) in [7, 11) is 1.35. The molecule has 1 aliphatic rings. The van der Waals surface area contributed by atoms with Crippen LogP contribution in [0.4, 0.5) is 26.0 Å². The maximum absolute atomic E-state index is 13.4. The second-order valence-corrected chi connectivity index (χ2v) is 11.8. The second-order valence-electron chi connectivity index (χ2n) is 9.37. The highest BCUT2D eigenvalue weighted by atomic mass is 32.2. The summed E-state index contributed by atoms with van der Waals surface area (Å²) in [6, 6.07) is 3.96. The molecule has 0 saturated carbocycles. The Kier molecular flexibility index (Phi) is 9.21. The number of anilines is 2. The van der Waals surface area contributed by atoms with Crippen LogP contribution in [-0.2, 0) is 15.6 Å². The highest BCUT2D eigenvalue weighted by molar-refractivity contribution is 7.92. The Balaban J connectivity index is 2.04. The summed E-state index contributed by atoms with van der Waals surface area (Å²) < 4.78 is 57.1. The van der Waals surface area contributed by atoms with Crippen molar-refractivity contribution in [2.75, 3.05) is 44.4 Å². The van der Waals surface area contributed by atoms with Gasteiger partial charge in [0, 0.05) is 38.6 Å². The highest BCUT2D eigenvalue weighted by Gasteiger charge is 2.38. The van der Waals surface area contributed by atoms with E-state index in [2.05, 4.69) is 30.3 Å². The molecule has 0 aliphatic carbocycles. The van der Waals surface area contributed by atoms with Crippen molar-refractivity contribution >= 4 is 33.2 Å². The minimum absolute atomic E-state index is 0.100. The molecule has 1 aliphatic heterocycles. The van der Waals surface area contributed by atoms with Crippen LogP contribution in [0.1, 0.15) is 19.4 Å². The third-order valence-electron chi connectivity index (χ3n) is 5.78. The summed E-state index contributed by atoms with van der Waals surface area (Å²) in [5.41, 5.74) is 5.68. The van der Waals surface area contributed by atoms with Crippen LogP contribution in [0.2, 0.25) is 0 Å². The van der Waals surface area contributed by atoms with Crippen LogP contribution in [0, 0.1) is 10.1 Å². The van der Waals surface area contributed by atoms with Crippen LogP contribution in [0.25, 0.3) is 0 Å². The average molecular weight is 584 g/mol. The molecule has 3 heterocycles. The van der Waals surface area contributed by atoms with E-state index in [9.17, 15) is 27.3 Å². The normalized spacial score (nSPS) is 17.1. The molecule has 1 atom stereocenters. The Labute approximate surface area is 230 Å². The molecule has 40 heavy (non-hydrogen) atoms. The molecule has 0 spiro atoms. The first-order valence-electron chi connectivity index (χ1n) is 11.9. The number of aromatic nitrogens is 2. The molecule has 0 amide bonds. The van der Waals surface area contributed by atoms with Crippen molar-refractivity contribution in [3.05, 3.63) is 52.0 Å². The molecule has 3 rings (SSSR count). The average Bonchev–Trinajstić information content (AvgIpc) is 2.86. The zero-order valence-electron chi connectivity index (χ0n) is 22.5. The number of aliphatic imine (C=N–C) groups is 1. The number of nitrogens with zero attached hydrogens (tertiary/aromatic N) is 6. The number of sulfone groups is 1. The van der Waals surface area contributed by atoms with E-state index >= 15 is 0 Å². The van der Waals surface area contributed by atoms with Gasteiger partial charge >= 0.3 is 12.3 Å². The predicted octanol–water partition coefficient (Wildman–Crippen LogP) is 1.86. The van der Waals surface area contributed by atoms with Crippen LogP contribution in [0.15, 0.2) is 46.3 Å². The van der Waals surface area contributed by atoms with Gasteiger partial charge in [0.2, 0.25) is 17.5 Å². The highest BCUT2D eigenvalue weighted by Crippen LogP contribution is 2.37. The van der Waals surface area contributed by atoms with Crippen molar-refractivity contribution in [1.82, 2.24) is 20.2 Å². The van der Waals surface area contributed by atoms with E-state index in [-0.39, 0.29) is 27.9 Å². The largest absolute Gasteiger partial charge is 0.416 e. The van der Waals surface area contributed by atoms with Gasteiger partial charge in [0.15, 0.2) is 14.9 Å². The number of nitrogens with one attached hydrogen (secondary N) is 2. The van der Waals surface area contributed by atoms with E-state index in [1.165, 1.54) is 56.4 Å². The Morgan fingerprint density at radius 3 is 2.58 bits per heavy atom. The van der Waals surface area contributed by atoms with E-state index in [4.69, 9.17) is 5.73 Å². The molecule has 2 aromatic heterocycles. The number of ether oxygens (including phenoxy) is 1. The number of halogens is 2. The fraction of sp³-hybridized carbons (Fsp3) is 0.435. The monoisotopic (exact) mass is 583 g/mol. The van der Waals surface area contributed by atoms with Crippen LogP contribution in [0.5, 0.6) is 5.88 Å². The number of alkyl halides is 2. The first kappa shape index (κ1) is 30.6. The van der Waals surface area contributed by atoms with Gasteiger partial charge in [-0.05, 0) is 46.2 Å². The lowest BCUT2D eigenvalue weighted by atomic mass is 10.1. The van der Waals surface area contributed by atoms with Crippen molar-refractivity contribution < 1.29 is 26.9 Å². The lowest BCUT2D eigenvalue weighted by molar-refractivity contribution is -0.384. The summed E-state index contributed by atoms with van der Waals surface area (Å²) in [5, 5.41) is 16.6. The van der Waals surface area contributed by atoms with Gasteiger partial charge in [0.25, 0.3) is 0 Å². The van der Waals surface area contributed by atoms with Crippen LogP contribution in [0.3, 0.4) is 0 Å². The maximum atomic E-state index is 13.4. The van der Waals surface area contributed by atoms with Gasteiger partial charge in [-0.3, -0.25) is 15.8 Å². The Morgan fingerprint density at radius 2 is 1.98 bits per heavy atom. The molecule has 4 N–H and O–H groups in total. The van der Waals surface area contributed by atoms with Gasteiger partial charge in [-0.2, -0.15) is 13.8 Å². The summed E-state index contributed by atoms with van der Waals surface area (Å²) >= 11 is 0. The van der Waals surface area contributed by atoms with Crippen LogP contribution >= 0.6 is 0 Å². The Hall–Kier alpha value is -3.96. The van der Waals surface area contributed by atoms with Crippen LogP contribution in [-0.4, -0.2) is 80.5 Å². The topological polar surface area (TPSA) is 181 Å². The zero-order valence-corrected chi connectivity index (χ0v) is 23.3. The number of hydrogen-bond acceptors (Lipinski definition) is 13. The molecule has 0 aromatic carbocycles. The number of likely N-dealkylation sites (N-methyl/N-ethyl adjacent to an activating group) is 2. The van der Waals surface area contributed by atoms with Gasteiger partial charge in [-0.15, -0.1) is 0 Å². The van der Waals surface area contributed by atoms with E-state index in [0.29, 0.717) is 13.1 Å². The Bertz CT molecular complexity index is 1420. The van der Waals surface area contributed by atoms with E-state index in [0.717, 1.165) is 6.07 Å². The third kappa shape index (κ3) is 6.78. The number of allylic oxidation sites excluding steroid dienone is 1. The van der Waals surface area contributed by atoms with Gasteiger partial charge in [0.1, 0.15) is 5.82 Å². The van der Waals surface area contributed by atoms with Crippen molar-refractivity contribution in [3.63, 3.8) is 0 Å².